The molecule has 3 heterocycles. The molecule has 6 heteroatoms. The number of nitrogens with two attached hydrogens (primary N) is 1. The van der Waals surface area contributed by atoms with Crippen LogP contribution >= 0.6 is 0 Å². The molecule has 0 radical (unpaired) electrons. The zero-order chi connectivity index (χ0) is 12.4. The van der Waals surface area contributed by atoms with Gasteiger partial charge in [0.15, 0.2) is 5.82 Å². The maximum atomic E-state index is 5.91. The van der Waals surface area contributed by atoms with Crippen LogP contribution in [-0.2, 0) is 0 Å². The van der Waals surface area contributed by atoms with Crippen molar-refractivity contribution >= 4 is 5.82 Å². The van der Waals surface area contributed by atoms with Crippen molar-refractivity contribution in [3.63, 3.8) is 0 Å². The van der Waals surface area contributed by atoms with Crippen LogP contribution in [0, 0.1) is 0 Å². The molecular weight excluding hydrogens is 228 g/mol. The standard InChI is InChI=1S/C12H10N6/c13-12-10(8-1-4-14-5-2-8)11(17-18-12)9-3-6-15-16-7-9/h1-7H,(H3,13,17,18). The van der Waals surface area contributed by atoms with Crippen molar-refractivity contribution in [2.24, 2.45) is 0 Å². The Balaban J connectivity index is 2.19. The first-order valence-corrected chi connectivity index (χ1v) is 5.37. The van der Waals surface area contributed by atoms with Gasteiger partial charge < -0.3 is 5.73 Å². The van der Waals surface area contributed by atoms with Crippen molar-refractivity contribution in [3.8, 4) is 22.4 Å². The number of rotatable bonds is 2. The summed E-state index contributed by atoms with van der Waals surface area (Å²) >= 11 is 0. The Morgan fingerprint density at radius 3 is 2.44 bits per heavy atom. The largest absolute Gasteiger partial charge is 0.382 e. The number of aromatic nitrogens is 5. The van der Waals surface area contributed by atoms with Crippen LogP contribution in [0.2, 0.25) is 0 Å². The second kappa shape index (κ2) is 4.25. The van der Waals surface area contributed by atoms with E-state index < -0.39 is 0 Å². The Labute approximate surface area is 103 Å². The van der Waals surface area contributed by atoms with E-state index in [0.29, 0.717) is 5.82 Å². The average molecular weight is 238 g/mol. The van der Waals surface area contributed by atoms with Crippen LogP contribution in [0.15, 0.2) is 43.0 Å². The molecule has 0 fully saturated rings. The zero-order valence-electron chi connectivity index (χ0n) is 9.41. The molecule has 3 aromatic heterocycles. The molecule has 0 aliphatic rings. The van der Waals surface area contributed by atoms with Crippen LogP contribution in [0.3, 0.4) is 0 Å². The van der Waals surface area contributed by atoms with Crippen LogP contribution in [0.1, 0.15) is 0 Å². The van der Waals surface area contributed by atoms with Crippen LogP contribution in [-0.4, -0.2) is 25.4 Å². The van der Waals surface area contributed by atoms with Crippen molar-refractivity contribution in [3.05, 3.63) is 43.0 Å². The summed E-state index contributed by atoms with van der Waals surface area (Å²) in [6.45, 7) is 0. The second-order valence-corrected chi connectivity index (χ2v) is 3.73. The summed E-state index contributed by atoms with van der Waals surface area (Å²) in [5.41, 5.74) is 9.44. The van der Waals surface area contributed by atoms with Gasteiger partial charge >= 0.3 is 0 Å². The average Bonchev–Trinajstić information content (AvgIpc) is 2.83. The SMILES string of the molecule is Nc1n[nH]c(-c2ccnnc2)c1-c1ccncc1. The maximum absolute atomic E-state index is 5.91. The Hall–Kier alpha value is -2.76. The minimum atomic E-state index is 0.452. The summed E-state index contributed by atoms with van der Waals surface area (Å²) in [5, 5.41) is 14.6. The van der Waals surface area contributed by atoms with Crippen molar-refractivity contribution < 1.29 is 0 Å². The number of pyridine rings is 1. The molecule has 3 N–H and O–H groups in total. The Morgan fingerprint density at radius 1 is 0.944 bits per heavy atom. The first-order valence-electron chi connectivity index (χ1n) is 5.37. The van der Waals surface area contributed by atoms with Crippen LogP contribution in [0.4, 0.5) is 5.82 Å². The number of nitrogens with zero attached hydrogens (tertiary/aromatic N) is 4. The van der Waals surface area contributed by atoms with Gasteiger partial charge in [-0.25, -0.2) is 0 Å². The topological polar surface area (TPSA) is 93.4 Å². The molecule has 0 saturated heterocycles. The van der Waals surface area contributed by atoms with Crippen LogP contribution < -0.4 is 5.73 Å². The molecule has 88 valence electrons. The summed E-state index contributed by atoms with van der Waals surface area (Å²) in [7, 11) is 0. The van der Waals surface area contributed by atoms with Crippen molar-refractivity contribution in [2.75, 3.05) is 5.73 Å². The predicted octanol–water partition coefficient (Wildman–Crippen LogP) is 1.51. The summed E-state index contributed by atoms with van der Waals surface area (Å²) in [6.07, 6.45) is 6.73. The Morgan fingerprint density at radius 2 is 1.72 bits per heavy atom. The first-order chi connectivity index (χ1) is 8.86. The third-order valence-corrected chi connectivity index (χ3v) is 2.64. The highest BCUT2D eigenvalue weighted by Crippen LogP contribution is 2.33. The van der Waals surface area contributed by atoms with E-state index in [1.54, 1.807) is 24.8 Å². The van der Waals surface area contributed by atoms with Crippen molar-refractivity contribution in [2.45, 2.75) is 0 Å². The molecule has 3 aromatic rings. The van der Waals surface area contributed by atoms with E-state index in [-0.39, 0.29) is 0 Å². The number of hydrogen-bond acceptors (Lipinski definition) is 5. The number of anilines is 1. The van der Waals surface area contributed by atoms with E-state index in [9.17, 15) is 0 Å². The molecular formula is C12H10N6. The summed E-state index contributed by atoms with van der Waals surface area (Å²) in [6, 6.07) is 5.63. The quantitative estimate of drug-likeness (QED) is 0.705. The monoisotopic (exact) mass is 238 g/mol. The van der Waals surface area contributed by atoms with E-state index in [1.807, 2.05) is 18.2 Å². The second-order valence-electron chi connectivity index (χ2n) is 3.73. The molecule has 0 amide bonds. The molecule has 6 nitrogen and oxygen atoms in total. The Bertz CT molecular complexity index is 647. The molecule has 0 aromatic carbocycles. The Kier molecular flexibility index (Phi) is 2.45. The third kappa shape index (κ3) is 1.69. The van der Waals surface area contributed by atoms with E-state index >= 15 is 0 Å². The zero-order valence-corrected chi connectivity index (χ0v) is 9.41. The van der Waals surface area contributed by atoms with E-state index in [2.05, 4.69) is 25.4 Å². The van der Waals surface area contributed by atoms with E-state index in [1.165, 1.54) is 0 Å². The molecule has 18 heavy (non-hydrogen) atoms. The molecule has 0 aliphatic heterocycles. The lowest BCUT2D eigenvalue weighted by Gasteiger charge is -2.03. The van der Waals surface area contributed by atoms with E-state index in [0.717, 1.165) is 22.4 Å². The summed E-state index contributed by atoms with van der Waals surface area (Å²) < 4.78 is 0. The van der Waals surface area contributed by atoms with Gasteiger partial charge in [-0.3, -0.25) is 10.1 Å². The molecule has 0 spiro atoms. The number of H-pyrrole nitrogens is 1. The molecule has 3 rings (SSSR count). The summed E-state index contributed by atoms with van der Waals surface area (Å²) in [5.74, 6) is 0.452. The molecule has 0 unspecified atom stereocenters. The van der Waals surface area contributed by atoms with Gasteiger partial charge in [-0.15, -0.1) is 0 Å². The molecule has 0 atom stereocenters. The molecule has 0 bridgehead atoms. The number of aromatic amines is 1. The summed E-state index contributed by atoms with van der Waals surface area (Å²) in [4.78, 5) is 3.99. The van der Waals surface area contributed by atoms with Gasteiger partial charge in [0.2, 0.25) is 0 Å². The smallest absolute Gasteiger partial charge is 0.153 e. The lowest BCUT2D eigenvalue weighted by Crippen LogP contribution is -1.89. The van der Waals surface area contributed by atoms with Gasteiger partial charge in [0.05, 0.1) is 23.7 Å². The van der Waals surface area contributed by atoms with Crippen molar-refractivity contribution in [1.82, 2.24) is 25.4 Å². The fourth-order valence-corrected chi connectivity index (χ4v) is 1.81. The fourth-order valence-electron chi connectivity index (χ4n) is 1.81. The predicted molar refractivity (Wildman–Crippen MR) is 67.3 cm³/mol. The highest BCUT2D eigenvalue weighted by Gasteiger charge is 2.14. The van der Waals surface area contributed by atoms with Crippen molar-refractivity contribution in [1.29, 1.82) is 0 Å². The van der Waals surface area contributed by atoms with Gasteiger partial charge in [0.25, 0.3) is 0 Å². The highest BCUT2D eigenvalue weighted by molar-refractivity contribution is 5.87. The number of nitrogen functional groups attached to an aromatic ring is 1. The lowest BCUT2D eigenvalue weighted by atomic mass is 10.0. The first kappa shape index (κ1) is 10.4. The third-order valence-electron chi connectivity index (χ3n) is 2.64. The number of hydrogen-bond donors (Lipinski definition) is 2. The molecule has 0 saturated carbocycles. The lowest BCUT2D eigenvalue weighted by molar-refractivity contribution is 1.03. The van der Waals surface area contributed by atoms with Crippen LogP contribution in [0.5, 0.6) is 0 Å². The number of nitrogens with one attached hydrogen (secondary N) is 1. The van der Waals surface area contributed by atoms with Gasteiger partial charge in [-0.05, 0) is 23.8 Å². The van der Waals surface area contributed by atoms with Gasteiger partial charge in [0.1, 0.15) is 0 Å². The van der Waals surface area contributed by atoms with Gasteiger partial charge in [0, 0.05) is 18.0 Å². The molecule has 0 aliphatic carbocycles. The fraction of sp³-hybridized carbons (Fsp3) is 0. The van der Waals surface area contributed by atoms with E-state index in [4.69, 9.17) is 5.73 Å². The highest BCUT2D eigenvalue weighted by atomic mass is 15.2. The maximum Gasteiger partial charge on any atom is 0.153 e. The minimum Gasteiger partial charge on any atom is -0.382 e. The normalized spacial score (nSPS) is 10.4. The minimum absolute atomic E-state index is 0.452. The van der Waals surface area contributed by atoms with Gasteiger partial charge in [-0.1, -0.05) is 0 Å². The van der Waals surface area contributed by atoms with Gasteiger partial charge in [-0.2, -0.15) is 15.3 Å². The van der Waals surface area contributed by atoms with Crippen LogP contribution in [0.25, 0.3) is 22.4 Å².